The van der Waals surface area contributed by atoms with E-state index >= 15 is 0 Å². The van der Waals surface area contributed by atoms with Crippen molar-refractivity contribution in [2.75, 3.05) is 19.8 Å². The summed E-state index contributed by atoms with van der Waals surface area (Å²) < 4.78 is 5.18. The molecule has 0 bridgehead atoms. The van der Waals surface area contributed by atoms with Gasteiger partial charge in [0, 0.05) is 32.6 Å². The van der Waals surface area contributed by atoms with Gasteiger partial charge in [0.1, 0.15) is 0 Å². The number of hydrogen-bond acceptors (Lipinski definition) is 4. The lowest BCUT2D eigenvalue weighted by Gasteiger charge is -2.34. The monoisotopic (exact) mass is 244 g/mol. The molecule has 1 rings (SSSR count). The van der Waals surface area contributed by atoms with Crippen molar-refractivity contribution >= 4 is 5.91 Å². The summed E-state index contributed by atoms with van der Waals surface area (Å²) in [6.07, 6.45) is 2.31. The Balaban J connectivity index is 2.46. The van der Waals surface area contributed by atoms with Gasteiger partial charge < -0.3 is 20.9 Å². The summed E-state index contributed by atoms with van der Waals surface area (Å²) in [4.78, 5) is 11.9. The molecule has 0 aliphatic carbocycles. The Kier molecular flexibility index (Phi) is 4.91. The van der Waals surface area contributed by atoms with Crippen LogP contribution in [0.15, 0.2) is 0 Å². The molecule has 1 saturated heterocycles. The van der Waals surface area contributed by atoms with Crippen LogP contribution in [0.3, 0.4) is 0 Å². The first-order valence-corrected chi connectivity index (χ1v) is 6.33. The lowest BCUT2D eigenvalue weighted by molar-refractivity contribution is -0.129. The second-order valence-corrected chi connectivity index (χ2v) is 4.88. The van der Waals surface area contributed by atoms with Crippen LogP contribution in [0.4, 0.5) is 0 Å². The summed E-state index contributed by atoms with van der Waals surface area (Å²) in [6.45, 7) is 5.13. The van der Waals surface area contributed by atoms with Crippen molar-refractivity contribution in [3.05, 3.63) is 0 Å². The topological polar surface area (TPSA) is 84.6 Å². The average molecular weight is 244 g/mol. The van der Waals surface area contributed by atoms with Gasteiger partial charge in [-0.1, -0.05) is 13.8 Å². The second-order valence-electron chi connectivity index (χ2n) is 4.88. The van der Waals surface area contributed by atoms with Gasteiger partial charge in [-0.05, 0) is 12.8 Å². The number of carbonyl (C=O) groups is 1. The zero-order chi connectivity index (χ0) is 12.9. The fourth-order valence-corrected chi connectivity index (χ4v) is 1.92. The summed E-state index contributed by atoms with van der Waals surface area (Å²) in [5, 5.41) is 13.0. The van der Waals surface area contributed by atoms with Crippen LogP contribution in [0.25, 0.3) is 0 Å². The first-order valence-electron chi connectivity index (χ1n) is 6.33. The molecule has 1 fully saturated rings. The highest BCUT2D eigenvalue weighted by atomic mass is 16.5. The number of hydrogen-bond donors (Lipinski definition) is 3. The minimum atomic E-state index is -0.837. The fraction of sp³-hybridized carbons (Fsp3) is 0.917. The molecule has 4 N–H and O–H groups in total. The summed E-state index contributed by atoms with van der Waals surface area (Å²) in [5.74, 6) is -0.178. The summed E-state index contributed by atoms with van der Waals surface area (Å²) in [6, 6.07) is 0. The SMILES string of the molecule is CCC(N)(CC)C(=O)NCC1(O)CCOCC1. The van der Waals surface area contributed by atoms with Gasteiger partial charge in [0.25, 0.3) is 0 Å². The van der Waals surface area contributed by atoms with Crippen molar-refractivity contribution in [2.24, 2.45) is 5.73 Å². The number of nitrogens with two attached hydrogens (primary N) is 1. The van der Waals surface area contributed by atoms with Crippen LogP contribution in [-0.4, -0.2) is 41.9 Å². The quantitative estimate of drug-likeness (QED) is 0.643. The average Bonchev–Trinajstić information content (AvgIpc) is 2.36. The standard InChI is InChI=1S/C12H24N2O3/c1-3-12(13,4-2)10(15)14-9-11(16)5-7-17-8-6-11/h16H,3-9,13H2,1-2H3,(H,14,15). The van der Waals surface area contributed by atoms with Crippen LogP contribution >= 0.6 is 0 Å². The lowest BCUT2D eigenvalue weighted by Crippen LogP contribution is -2.56. The Morgan fingerprint density at radius 3 is 2.41 bits per heavy atom. The maximum absolute atomic E-state index is 11.9. The van der Waals surface area contributed by atoms with E-state index in [-0.39, 0.29) is 12.5 Å². The molecule has 0 aromatic carbocycles. The Labute approximate surface area is 103 Å². The van der Waals surface area contributed by atoms with Gasteiger partial charge in [-0.25, -0.2) is 0 Å². The van der Waals surface area contributed by atoms with E-state index in [1.54, 1.807) is 0 Å². The molecular formula is C12H24N2O3. The van der Waals surface area contributed by atoms with Crippen molar-refractivity contribution in [3.8, 4) is 0 Å². The highest BCUT2D eigenvalue weighted by Gasteiger charge is 2.34. The lowest BCUT2D eigenvalue weighted by atomic mass is 9.91. The number of aliphatic hydroxyl groups is 1. The molecule has 0 unspecified atom stereocenters. The van der Waals surface area contributed by atoms with E-state index in [1.165, 1.54) is 0 Å². The smallest absolute Gasteiger partial charge is 0.240 e. The number of rotatable bonds is 5. The van der Waals surface area contributed by atoms with Crippen molar-refractivity contribution in [2.45, 2.75) is 50.7 Å². The molecule has 0 radical (unpaired) electrons. The molecule has 0 aromatic heterocycles. The molecule has 0 spiro atoms. The third-order valence-electron chi connectivity index (χ3n) is 3.72. The summed E-state index contributed by atoms with van der Waals surface area (Å²) in [7, 11) is 0. The zero-order valence-electron chi connectivity index (χ0n) is 10.8. The molecule has 0 saturated carbocycles. The first kappa shape index (κ1) is 14.4. The van der Waals surface area contributed by atoms with E-state index in [1.807, 2.05) is 13.8 Å². The molecule has 1 aliphatic rings. The number of ether oxygens (including phenoxy) is 1. The van der Waals surface area contributed by atoms with Crippen LogP contribution in [0.5, 0.6) is 0 Å². The largest absolute Gasteiger partial charge is 0.388 e. The Morgan fingerprint density at radius 2 is 1.94 bits per heavy atom. The number of nitrogens with one attached hydrogen (secondary N) is 1. The van der Waals surface area contributed by atoms with Gasteiger partial charge in [0.15, 0.2) is 0 Å². The second kappa shape index (κ2) is 5.80. The van der Waals surface area contributed by atoms with Gasteiger partial charge in [0.05, 0.1) is 11.1 Å². The van der Waals surface area contributed by atoms with Crippen LogP contribution < -0.4 is 11.1 Å². The zero-order valence-corrected chi connectivity index (χ0v) is 10.8. The molecular weight excluding hydrogens is 220 g/mol. The van der Waals surface area contributed by atoms with Gasteiger partial charge in [0.2, 0.25) is 5.91 Å². The van der Waals surface area contributed by atoms with Crippen molar-refractivity contribution in [3.63, 3.8) is 0 Å². The molecule has 0 atom stereocenters. The Morgan fingerprint density at radius 1 is 1.41 bits per heavy atom. The molecule has 1 heterocycles. The predicted octanol–water partition coefficient (Wildman–Crippen LogP) is 0.162. The van der Waals surface area contributed by atoms with E-state index in [4.69, 9.17) is 10.5 Å². The number of carbonyl (C=O) groups excluding carboxylic acids is 1. The van der Waals surface area contributed by atoms with E-state index in [2.05, 4.69) is 5.32 Å². The first-order chi connectivity index (χ1) is 7.96. The van der Waals surface area contributed by atoms with E-state index in [9.17, 15) is 9.90 Å². The molecule has 5 heteroatoms. The number of amides is 1. The molecule has 1 aliphatic heterocycles. The highest BCUT2D eigenvalue weighted by molar-refractivity contribution is 5.85. The van der Waals surface area contributed by atoms with Crippen LogP contribution in [0.2, 0.25) is 0 Å². The van der Waals surface area contributed by atoms with Gasteiger partial charge in [-0.2, -0.15) is 0 Å². The Bertz CT molecular complexity index is 258. The van der Waals surface area contributed by atoms with E-state index in [0.717, 1.165) is 0 Å². The summed E-state index contributed by atoms with van der Waals surface area (Å²) >= 11 is 0. The predicted molar refractivity (Wildman–Crippen MR) is 65.5 cm³/mol. The Hall–Kier alpha value is -0.650. The molecule has 1 amide bonds. The third-order valence-corrected chi connectivity index (χ3v) is 3.72. The van der Waals surface area contributed by atoms with Crippen molar-refractivity contribution in [1.82, 2.24) is 5.32 Å². The molecule has 17 heavy (non-hydrogen) atoms. The van der Waals surface area contributed by atoms with Gasteiger partial charge >= 0.3 is 0 Å². The normalized spacial score (nSPS) is 20.0. The fourth-order valence-electron chi connectivity index (χ4n) is 1.92. The van der Waals surface area contributed by atoms with E-state index in [0.29, 0.717) is 38.9 Å². The molecule has 0 aromatic rings. The van der Waals surface area contributed by atoms with Gasteiger partial charge in [-0.15, -0.1) is 0 Å². The van der Waals surface area contributed by atoms with Crippen LogP contribution in [-0.2, 0) is 9.53 Å². The van der Waals surface area contributed by atoms with Crippen LogP contribution in [0, 0.1) is 0 Å². The minimum absolute atomic E-state index is 0.178. The van der Waals surface area contributed by atoms with Gasteiger partial charge in [-0.3, -0.25) is 4.79 Å². The maximum atomic E-state index is 11.9. The molecule has 5 nitrogen and oxygen atoms in total. The van der Waals surface area contributed by atoms with Crippen molar-refractivity contribution in [1.29, 1.82) is 0 Å². The van der Waals surface area contributed by atoms with Crippen molar-refractivity contribution < 1.29 is 14.6 Å². The highest BCUT2D eigenvalue weighted by Crippen LogP contribution is 2.20. The van der Waals surface area contributed by atoms with Crippen LogP contribution in [0.1, 0.15) is 39.5 Å². The summed E-state index contributed by atoms with van der Waals surface area (Å²) in [5.41, 5.74) is 4.33. The third kappa shape index (κ3) is 3.66. The molecule has 100 valence electrons. The minimum Gasteiger partial charge on any atom is -0.388 e. The maximum Gasteiger partial charge on any atom is 0.240 e. The van der Waals surface area contributed by atoms with E-state index < -0.39 is 11.1 Å².